The number of carbonyl (C=O) groups excluding carboxylic acids is 2. The highest BCUT2D eigenvalue weighted by Gasteiger charge is 2.15. The third kappa shape index (κ3) is 6.17. The van der Waals surface area contributed by atoms with Crippen LogP contribution in [-0.4, -0.2) is 11.9 Å². The highest BCUT2D eigenvalue weighted by Crippen LogP contribution is 2.23. The average molecular weight is 412 g/mol. The number of carbonyl (C=O) groups is 2. The van der Waals surface area contributed by atoms with Crippen LogP contribution in [0.2, 0.25) is 0 Å². The van der Waals surface area contributed by atoms with Gasteiger partial charge in [0.25, 0.3) is 0 Å². The van der Waals surface area contributed by atoms with E-state index in [9.17, 15) is 14.0 Å². The van der Waals surface area contributed by atoms with E-state index in [1.165, 1.54) is 31.2 Å². The van der Waals surface area contributed by atoms with Crippen LogP contribution in [-0.2, 0) is 15.6 Å². The topological polar surface area (TPSA) is 61.8 Å². The van der Waals surface area contributed by atoms with Gasteiger partial charge in [0.2, 0.25) is 0 Å². The minimum Gasteiger partial charge on any atom is -0.426 e. The van der Waals surface area contributed by atoms with E-state index < -0.39 is 11.9 Å². The maximum absolute atomic E-state index is 12.9. The predicted molar refractivity (Wildman–Crippen MR) is 106 cm³/mol. The fourth-order valence-corrected chi connectivity index (χ4v) is 2.93. The lowest BCUT2D eigenvalue weighted by Crippen LogP contribution is -2.12. The molecule has 3 aromatic carbocycles. The molecule has 148 valence electrons. The van der Waals surface area contributed by atoms with Crippen molar-refractivity contribution < 1.29 is 27.6 Å². The van der Waals surface area contributed by atoms with Gasteiger partial charge in [-0.05, 0) is 54.1 Å². The van der Waals surface area contributed by atoms with Crippen molar-refractivity contribution in [2.75, 3.05) is 0 Å². The van der Waals surface area contributed by atoms with E-state index in [4.69, 9.17) is 13.7 Å². The van der Waals surface area contributed by atoms with Gasteiger partial charge in [-0.3, -0.25) is 4.79 Å². The molecule has 0 aromatic heterocycles. The van der Waals surface area contributed by atoms with Crippen LogP contribution < -0.4 is 9.47 Å². The van der Waals surface area contributed by atoms with E-state index in [0.29, 0.717) is 12.4 Å². The molecule has 5 nitrogen and oxygen atoms in total. The van der Waals surface area contributed by atoms with Crippen LogP contribution in [0.25, 0.3) is 0 Å². The zero-order valence-electron chi connectivity index (χ0n) is 15.5. The molecule has 0 radical (unpaired) electrons. The Balaban J connectivity index is 1.55. The first-order valence-corrected chi connectivity index (χ1v) is 9.39. The number of ether oxygens (including phenoxy) is 2. The number of hydrogen-bond acceptors (Lipinski definition) is 6. The number of halogens is 1. The van der Waals surface area contributed by atoms with Crippen molar-refractivity contribution >= 4 is 24.0 Å². The van der Waals surface area contributed by atoms with Crippen molar-refractivity contribution in [3.63, 3.8) is 0 Å². The zero-order chi connectivity index (χ0) is 20.6. The van der Waals surface area contributed by atoms with Crippen LogP contribution >= 0.6 is 12.0 Å². The Morgan fingerprint density at radius 3 is 2.28 bits per heavy atom. The molecule has 0 aliphatic rings. The summed E-state index contributed by atoms with van der Waals surface area (Å²) in [5, 5.41) is 0. The predicted octanol–water partition coefficient (Wildman–Crippen LogP) is 5.19. The number of rotatable bonds is 7. The number of para-hydroxylation sites is 1. The molecule has 0 atom stereocenters. The van der Waals surface area contributed by atoms with Crippen LogP contribution in [0.1, 0.15) is 22.8 Å². The average Bonchev–Trinajstić information content (AvgIpc) is 2.71. The first kappa shape index (κ1) is 20.6. The summed E-state index contributed by atoms with van der Waals surface area (Å²) in [6, 6.07) is 19.2. The second kappa shape index (κ2) is 9.86. The molecule has 0 N–H and O–H groups in total. The van der Waals surface area contributed by atoms with Gasteiger partial charge < -0.3 is 13.7 Å². The van der Waals surface area contributed by atoms with Crippen LogP contribution in [0.5, 0.6) is 11.5 Å². The van der Waals surface area contributed by atoms with Crippen molar-refractivity contribution in [1.82, 2.24) is 0 Å². The Morgan fingerprint density at radius 1 is 0.897 bits per heavy atom. The number of benzene rings is 3. The molecule has 0 heterocycles. The SMILES string of the molecule is CC(=O)Oc1ccccc1C(=O)Oc1ccc(COSc2ccc(F)cc2)cc1. The Bertz CT molecular complexity index is 987. The van der Waals surface area contributed by atoms with E-state index in [0.717, 1.165) is 22.5 Å². The molecule has 3 aromatic rings. The quantitative estimate of drug-likeness (QED) is 0.302. The van der Waals surface area contributed by atoms with E-state index in [-0.39, 0.29) is 17.1 Å². The normalized spacial score (nSPS) is 10.4. The summed E-state index contributed by atoms with van der Waals surface area (Å²) in [6.45, 7) is 1.59. The molecule has 0 aliphatic heterocycles. The van der Waals surface area contributed by atoms with E-state index in [1.807, 2.05) is 0 Å². The van der Waals surface area contributed by atoms with Gasteiger partial charge in [-0.1, -0.05) is 24.3 Å². The molecular weight excluding hydrogens is 395 g/mol. The van der Waals surface area contributed by atoms with Crippen molar-refractivity contribution in [3.8, 4) is 11.5 Å². The van der Waals surface area contributed by atoms with Gasteiger partial charge in [-0.2, -0.15) is 0 Å². The lowest BCUT2D eigenvalue weighted by Gasteiger charge is -2.09. The van der Waals surface area contributed by atoms with Gasteiger partial charge >= 0.3 is 11.9 Å². The van der Waals surface area contributed by atoms with Crippen LogP contribution in [0, 0.1) is 5.82 Å². The lowest BCUT2D eigenvalue weighted by atomic mass is 10.2. The molecule has 0 amide bonds. The molecule has 3 rings (SSSR count). The smallest absolute Gasteiger partial charge is 0.347 e. The summed E-state index contributed by atoms with van der Waals surface area (Å²) >= 11 is 1.15. The van der Waals surface area contributed by atoms with Crippen molar-refractivity contribution in [2.24, 2.45) is 0 Å². The summed E-state index contributed by atoms with van der Waals surface area (Å²) in [6.07, 6.45) is 0. The van der Waals surface area contributed by atoms with Crippen LogP contribution in [0.15, 0.2) is 77.7 Å². The first-order valence-electron chi connectivity index (χ1n) is 8.65. The standard InChI is InChI=1S/C22H17FO5S/c1-15(24)27-21-5-3-2-4-20(21)22(25)28-18-10-6-16(7-11-18)14-26-29-19-12-8-17(23)9-13-19/h2-13H,14H2,1H3. The van der Waals surface area contributed by atoms with Gasteiger partial charge in [-0.25, -0.2) is 9.18 Å². The summed E-state index contributed by atoms with van der Waals surface area (Å²) in [5.74, 6) is -0.948. The maximum atomic E-state index is 12.9. The molecule has 0 fully saturated rings. The fraction of sp³-hybridized carbons (Fsp3) is 0.0909. The molecule has 7 heteroatoms. The summed E-state index contributed by atoms with van der Waals surface area (Å²) in [7, 11) is 0. The highest BCUT2D eigenvalue weighted by molar-refractivity contribution is 7.94. The van der Waals surface area contributed by atoms with Crippen molar-refractivity contribution in [2.45, 2.75) is 18.4 Å². The molecule has 0 saturated heterocycles. The number of hydrogen-bond donors (Lipinski definition) is 0. The monoisotopic (exact) mass is 412 g/mol. The maximum Gasteiger partial charge on any atom is 0.347 e. The molecule has 0 bridgehead atoms. The Labute approximate surface area is 171 Å². The van der Waals surface area contributed by atoms with Gasteiger partial charge in [-0.15, -0.1) is 0 Å². The molecule has 29 heavy (non-hydrogen) atoms. The highest BCUT2D eigenvalue weighted by atomic mass is 32.2. The lowest BCUT2D eigenvalue weighted by molar-refractivity contribution is -0.131. The Hall–Kier alpha value is -3.16. The zero-order valence-corrected chi connectivity index (χ0v) is 16.3. The van der Waals surface area contributed by atoms with Crippen molar-refractivity contribution in [3.05, 3.63) is 89.7 Å². The summed E-state index contributed by atoms with van der Waals surface area (Å²) in [5.41, 5.74) is 1.03. The van der Waals surface area contributed by atoms with E-state index in [1.54, 1.807) is 48.5 Å². The number of esters is 2. The molecule has 0 unspecified atom stereocenters. The van der Waals surface area contributed by atoms with Gasteiger partial charge in [0.1, 0.15) is 22.9 Å². The Kier molecular flexibility index (Phi) is 6.99. The van der Waals surface area contributed by atoms with Gasteiger partial charge in [0.15, 0.2) is 0 Å². The third-order valence-electron chi connectivity index (χ3n) is 3.69. The molecular formula is C22H17FO5S. The van der Waals surface area contributed by atoms with Gasteiger partial charge in [0, 0.05) is 23.9 Å². The fourth-order valence-electron chi connectivity index (χ4n) is 2.35. The summed E-state index contributed by atoms with van der Waals surface area (Å²) < 4.78 is 28.8. The van der Waals surface area contributed by atoms with Crippen LogP contribution in [0.4, 0.5) is 4.39 Å². The van der Waals surface area contributed by atoms with Crippen molar-refractivity contribution in [1.29, 1.82) is 0 Å². The third-order valence-corrected chi connectivity index (χ3v) is 4.39. The summed E-state index contributed by atoms with van der Waals surface area (Å²) in [4.78, 5) is 24.4. The minimum absolute atomic E-state index is 0.146. The second-order valence-corrected chi connectivity index (χ2v) is 6.80. The molecule has 0 aliphatic carbocycles. The largest absolute Gasteiger partial charge is 0.426 e. The minimum atomic E-state index is -0.627. The van der Waals surface area contributed by atoms with E-state index >= 15 is 0 Å². The van der Waals surface area contributed by atoms with Gasteiger partial charge in [0.05, 0.1) is 6.61 Å². The van der Waals surface area contributed by atoms with E-state index in [2.05, 4.69) is 0 Å². The molecule has 0 saturated carbocycles. The molecule has 0 spiro atoms. The second-order valence-electron chi connectivity index (χ2n) is 5.92. The first-order chi connectivity index (χ1) is 14.0. The Morgan fingerprint density at radius 2 is 1.59 bits per heavy atom. The van der Waals surface area contributed by atoms with Crippen LogP contribution in [0.3, 0.4) is 0 Å².